The van der Waals surface area contributed by atoms with E-state index in [1.807, 2.05) is 13.0 Å². The molecule has 9 nitrogen and oxygen atoms in total. The van der Waals surface area contributed by atoms with Gasteiger partial charge in [0.15, 0.2) is 0 Å². The van der Waals surface area contributed by atoms with Gasteiger partial charge in [-0.2, -0.15) is 5.10 Å². The van der Waals surface area contributed by atoms with E-state index >= 15 is 0 Å². The first kappa shape index (κ1) is 29.0. The van der Waals surface area contributed by atoms with E-state index in [2.05, 4.69) is 15.8 Å². The molecule has 0 unspecified atom stereocenters. The number of carbonyl (C=O) groups excluding carboxylic acids is 2. The third-order valence-corrected chi connectivity index (χ3v) is 7.97. The van der Waals surface area contributed by atoms with E-state index in [1.54, 1.807) is 91.9 Å². The van der Waals surface area contributed by atoms with Crippen LogP contribution >= 0.6 is 0 Å². The molecule has 0 radical (unpaired) electrons. The molecule has 0 fully saturated rings. The van der Waals surface area contributed by atoms with Gasteiger partial charge in [-0.05, 0) is 67.9 Å². The molecule has 0 atom stereocenters. The topological polar surface area (TPSA) is 117 Å². The Kier molecular flexibility index (Phi) is 9.15. The van der Waals surface area contributed by atoms with E-state index in [9.17, 15) is 18.0 Å². The molecule has 0 aliphatic carbocycles. The normalized spacial score (nSPS) is 11.4. The van der Waals surface area contributed by atoms with Crippen molar-refractivity contribution in [1.29, 1.82) is 0 Å². The van der Waals surface area contributed by atoms with Gasteiger partial charge in [0.25, 0.3) is 21.8 Å². The summed E-state index contributed by atoms with van der Waals surface area (Å²) in [6.45, 7) is 3.03. The van der Waals surface area contributed by atoms with Crippen LogP contribution in [0.3, 0.4) is 0 Å². The van der Waals surface area contributed by atoms with Gasteiger partial charge in [0.05, 0.1) is 23.4 Å². The molecular weight excluding hydrogens is 540 g/mol. The maximum absolute atomic E-state index is 13.6. The molecule has 2 N–H and O–H groups in total. The van der Waals surface area contributed by atoms with Gasteiger partial charge in [0.2, 0.25) is 0 Å². The molecule has 4 aromatic carbocycles. The van der Waals surface area contributed by atoms with Crippen molar-refractivity contribution in [3.8, 4) is 5.75 Å². The number of nitrogens with zero attached hydrogens (tertiary/aromatic N) is 2. The standard InChI is InChI=1S/C31H30N4O5S/c1-22-13-19-27(20-14-22)41(38,39)35(28-11-7-8-12-29(28)40-3)21-30(36)34-33-23(2)24-15-17-26(18-16-24)32-31(37)25-9-5-4-6-10-25/h4-20H,21H2,1-3H3,(H,32,37)(H,34,36)/b33-23+. The molecule has 210 valence electrons. The van der Waals surface area contributed by atoms with E-state index in [0.717, 1.165) is 9.87 Å². The largest absolute Gasteiger partial charge is 0.495 e. The number of aryl methyl sites for hydroxylation is 1. The molecule has 0 aliphatic rings. The van der Waals surface area contributed by atoms with E-state index in [0.29, 0.717) is 28.3 Å². The second-order valence-electron chi connectivity index (χ2n) is 9.13. The summed E-state index contributed by atoms with van der Waals surface area (Å²) in [5, 5.41) is 7.00. The number of hydrazone groups is 1. The second kappa shape index (κ2) is 12.9. The second-order valence-corrected chi connectivity index (χ2v) is 11.0. The maximum atomic E-state index is 13.6. The minimum absolute atomic E-state index is 0.0425. The number of anilines is 2. The molecule has 0 bridgehead atoms. The van der Waals surface area contributed by atoms with Gasteiger partial charge in [-0.3, -0.25) is 13.9 Å². The van der Waals surface area contributed by atoms with Crippen LogP contribution in [0.15, 0.2) is 113 Å². The number of amides is 2. The Hall–Kier alpha value is -4.96. The van der Waals surface area contributed by atoms with Crippen LogP contribution in [0, 0.1) is 6.92 Å². The third-order valence-electron chi connectivity index (χ3n) is 6.19. The summed E-state index contributed by atoms with van der Waals surface area (Å²) in [4.78, 5) is 25.4. The fourth-order valence-electron chi connectivity index (χ4n) is 3.94. The number of hydrogen-bond donors (Lipinski definition) is 2. The lowest BCUT2D eigenvalue weighted by Crippen LogP contribution is -2.40. The fourth-order valence-corrected chi connectivity index (χ4v) is 5.37. The number of ether oxygens (including phenoxy) is 1. The lowest BCUT2D eigenvalue weighted by molar-refractivity contribution is -0.119. The summed E-state index contributed by atoms with van der Waals surface area (Å²) in [6.07, 6.45) is 0. The van der Waals surface area contributed by atoms with Crippen LogP contribution in [-0.4, -0.2) is 39.6 Å². The Balaban J connectivity index is 1.49. The number of nitrogens with one attached hydrogen (secondary N) is 2. The Morgan fingerprint density at radius 2 is 1.46 bits per heavy atom. The maximum Gasteiger partial charge on any atom is 0.264 e. The summed E-state index contributed by atoms with van der Waals surface area (Å²) in [6, 6.07) is 28.8. The van der Waals surface area contributed by atoms with Crippen molar-refractivity contribution in [1.82, 2.24) is 5.43 Å². The Morgan fingerprint density at radius 1 is 0.829 bits per heavy atom. The van der Waals surface area contributed by atoms with Crippen LogP contribution in [0.1, 0.15) is 28.4 Å². The van der Waals surface area contributed by atoms with Gasteiger partial charge in [0, 0.05) is 11.3 Å². The van der Waals surface area contributed by atoms with Crippen LogP contribution < -0.4 is 19.8 Å². The summed E-state index contributed by atoms with van der Waals surface area (Å²) in [7, 11) is -2.68. The average Bonchev–Trinajstić information content (AvgIpc) is 2.99. The first-order valence-corrected chi connectivity index (χ1v) is 14.2. The van der Waals surface area contributed by atoms with Crippen LogP contribution in [0.2, 0.25) is 0 Å². The van der Waals surface area contributed by atoms with Gasteiger partial charge >= 0.3 is 0 Å². The highest BCUT2D eigenvalue weighted by atomic mass is 32.2. The lowest BCUT2D eigenvalue weighted by atomic mass is 10.1. The molecule has 0 spiro atoms. The predicted molar refractivity (Wildman–Crippen MR) is 160 cm³/mol. The molecule has 41 heavy (non-hydrogen) atoms. The molecule has 0 heterocycles. The summed E-state index contributed by atoms with van der Waals surface area (Å²) < 4.78 is 33.6. The zero-order chi connectivity index (χ0) is 29.4. The zero-order valence-electron chi connectivity index (χ0n) is 22.9. The van der Waals surface area contributed by atoms with E-state index in [4.69, 9.17) is 4.74 Å². The van der Waals surface area contributed by atoms with Gasteiger partial charge in [-0.15, -0.1) is 0 Å². The first-order chi connectivity index (χ1) is 19.7. The molecule has 10 heteroatoms. The Morgan fingerprint density at radius 3 is 2.12 bits per heavy atom. The van der Waals surface area contributed by atoms with Crippen molar-refractivity contribution >= 4 is 38.9 Å². The summed E-state index contributed by atoms with van der Waals surface area (Å²) in [5.41, 5.74) is 5.92. The minimum atomic E-state index is -4.11. The van der Waals surface area contributed by atoms with E-state index in [1.165, 1.54) is 19.2 Å². The molecule has 0 saturated heterocycles. The lowest BCUT2D eigenvalue weighted by Gasteiger charge is -2.25. The molecule has 0 aliphatic heterocycles. The Labute approximate surface area is 239 Å². The van der Waals surface area contributed by atoms with Crippen molar-refractivity contribution in [3.63, 3.8) is 0 Å². The third kappa shape index (κ3) is 7.17. The van der Waals surface area contributed by atoms with E-state index in [-0.39, 0.29) is 16.5 Å². The van der Waals surface area contributed by atoms with Crippen molar-refractivity contribution in [2.75, 3.05) is 23.3 Å². The molecule has 4 rings (SSSR count). The number of carbonyl (C=O) groups is 2. The SMILES string of the molecule is COc1ccccc1N(CC(=O)N/N=C(\C)c1ccc(NC(=O)c2ccccc2)cc1)S(=O)(=O)c1ccc(C)cc1. The number of hydrogen-bond acceptors (Lipinski definition) is 6. The van der Waals surface area contributed by atoms with Crippen LogP contribution in [0.4, 0.5) is 11.4 Å². The van der Waals surface area contributed by atoms with Crippen molar-refractivity contribution in [2.24, 2.45) is 5.10 Å². The van der Waals surface area contributed by atoms with E-state index < -0.39 is 22.5 Å². The molecule has 2 amide bonds. The minimum Gasteiger partial charge on any atom is -0.495 e. The highest BCUT2D eigenvalue weighted by Crippen LogP contribution is 2.32. The summed E-state index contributed by atoms with van der Waals surface area (Å²) >= 11 is 0. The van der Waals surface area contributed by atoms with Crippen LogP contribution in [0.5, 0.6) is 5.75 Å². The van der Waals surface area contributed by atoms with Gasteiger partial charge in [0.1, 0.15) is 12.3 Å². The highest BCUT2D eigenvalue weighted by molar-refractivity contribution is 7.92. The fraction of sp³-hybridized carbons (Fsp3) is 0.129. The number of methoxy groups -OCH3 is 1. The van der Waals surface area contributed by atoms with Crippen LogP contribution in [0.25, 0.3) is 0 Å². The van der Waals surface area contributed by atoms with Gasteiger partial charge < -0.3 is 10.1 Å². The van der Waals surface area contributed by atoms with Crippen molar-refractivity contribution in [3.05, 3.63) is 120 Å². The predicted octanol–water partition coefficient (Wildman–Crippen LogP) is 4.99. The summed E-state index contributed by atoms with van der Waals surface area (Å²) in [5.74, 6) is -0.566. The van der Waals surface area contributed by atoms with Crippen molar-refractivity contribution < 1.29 is 22.7 Å². The number of sulfonamides is 1. The average molecular weight is 571 g/mol. The monoisotopic (exact) mass is 570 g/mol. The highest BCUT2D eigenvalue weighted by Gasteiger charge is 2.29. The number of rotatable bonds is 10. The van der Waals surface area contributed by atoms with Gasteiger partial charge in [-0.25, -0.2) is 13.8 Å². The zero-order valence-corrected chi connectivity index (χ0v) is 23.7. The van der Waals surface area contributed by atoms with Crippen molar-refractivity contribution in [2.45, 2.75) is 18.7 Å². The molecule has 0 saturated carbocycles. The number of benzene rings is 4. The first-order valence-electron chi connectivity index (χ1n) is 12.7. The Bertz CT molecular complexity index is 1650. The quantitative estimate of drug-likeness (QED) is 0.206. The molecular formula is C31H30N4O5S. The smallest absolute Gasteiger partial charge is 0.264 e. The molecule has 4 aromatic rings. The van der Waals surface area contributed by atoms with Crippen LogP contribution in [-0.2, 0) is 14.8 Å². The molecule has 0 aromatic heterocycles. The number of para-hydroxylation sites is 2. The van der Waals surface area contributed by atoms with Gasteiger partial charge in [-0.1, -0.05) is 60.2 Å².